The van der Waals surface area contributed by atoms with Gasteiger partial charge in [0.2, 0.25) is 21.6 Å². The lowest BCUT2D eigenvalue weighted by Crippen LogP contribution is -2.40. The highest BCUT2D eigenvalue weighted by molar-refractivity contribution is 7.89. The molecule has 4 rings (SSSR count). The van der Waals surface area contributed by atoms with Crippen LogP contribution in [-0.2, 0) is 14.8 Å². The van der Waals surface area contributed by atoms with Crippen molar-refractivity contribution in [1.82, 2.24) is 9.21 Å². The number of allylic oxidation sites excluding steroid dienone is 2. The van der Waals surface area contributed by atoms with Crippen LogP contribution in [0.25, 0.3) is 0 Å². The van der Waals surface area contributed by atoms with Crippen molar-refractivity contribution in [2.45, 2.75) is 24.2 Å². The molecule has 0 unspecified atom stereocenters. The zero-order valence-corrected chi connectivity index (χ0v) is 16.9. The first-order valence-electron chi connectivity index (χ1n) is 9.37. The minimum absolute atomic E-state index is 0.0137. The molecule has 0 bridgehead atoms. The Bertz CT molecular complexity index is 961. The van der Waals surface area contributed by atoms with E-state index in [0.717, 1.165) is 19.3 Å². The third kappa shape index (κ3) is 3.28. The summed E-state index contributed by atoms with van der Waals surface area (Å²) < 4.78 is 32.3. The summed E-state index contributed by atoms with van der Waals surface area (Å²) in [6.07, 6.45) is 2.97. The predicted molar refractivity (Wildman–Crippen MR) is 103 cm³/mol. The van der Waals surface area contributed by atoms with Gasteiger partial charge in [-0.1, -0.05) is 11.6 Å². The SMILES string of the molecule is O=C1C(Cl)=C(N2CCCCC2)C(=O)c2ccc(S(=O)(=O)N3CCOCC3)cc21. The summed E-state index contributed by atoms with van der Waals surface area (Å²) in [6, 6.07) is 4.09. The van der Waals surface area contributed by atoms with E-state index in [1.165, 1.54) is 22.5 Å². The van der Waals surface area contributed by atoms with E-state index < -0.39 is 15.8 Å². The Balaban J connectivity index is 1.71. The number of ether oxygens (including phenoxy) is 1. The van der Waals surface area contributed by atoms with Crippen LogP contribution in [-0.4, -0.2) is 68.6 Å². The fourth-order valence-corrected chi connectivity index (χ4v) is 5.60. The van der Waals surface area contributed by atoms with Crippen molar-refractivity contribution in [1.29, 1.82) is 0 Å². The zero-order valence-electron chi connectivity index (χ0n) is 15.3. The zero-order chi connectivity index (χ0) is 19.9. The van der Waals surface area contributed by atoms with Crippen LogP contribution in [0.3, 0.4) is 0 Å². The molecule has 1 aromatic carbocycles. The van der Waals surface area contributed by atoms with Crippen molar-refractivity contribution >= 4 is 33.2 Å². The molecular weight excluding hydrogens is 404 g/mol. The Morgan fingerprint density at radius 2 is 1.57 bits per heavy atom. The number of carbonyl (C=O) groups excluding carboxylic acids is 2. The topological polar surface area (TPSA) is 84.0 Å². The van der Waals surface area contributed by atoms with E-state index in [1.54, 1.807) is 0 Å². The van der Waals surface area contributed by atoms with Gasteiger partial charge < -0.3 is 9.64 Å². The molecule has 0 amide bonds. The molecule has 2 aliphatic heterocycles. The second-order valence-corrected chi connectivity index (χ2v) is 9.41. The highest BCUT2D eigenvalue weighted by atomic mass is 35.5. The molecule has 0 aromatic heterocycles. The second kappa shape index (κ2) is 7.59. The normalized spacial score (nSPS) is 21.8. The van der Waals surface area contributed by atoms with Crippen molar-refractivity contribution in [3.63, 3.8) is 0 Å². The summed E-state index contributed by atoms with van der Waals surface area (Å²) in [6.45, 7) is 2.54. The monoisotopic (exact) mass is 424 g/mol. The Kier molecular flexibility index (Phi) is 5.30. The minimum atomic E-state index is -3.77. The van der Waals surface area contributed by atoms with Crippen LogP contribution in [0.5, 0.6) is 0 Å². The number of benzene rings is 1. The average Bonchev–Trinajstić information content (AvgIpc) is 2.73. The number of morpholine rings is 1. The van der Waals surface area contributed by atoms with Gasteiger partial charge in [0.25, 0.3) is 0 Å². The molecule has 2 fully saturated rings. The largest absolute Gasteiger partial charge is 0.379 e. The maximum atomic E-state index is 13.0. The Morgan fingerprint density at radius 3 is 2.25 bits per heavy atom. The van der Waals surface area contributed by atoms with Crippen molar-refractivity contribution < 1.29 is 22.7 Å². The van der Waals surface area contributed by atoms with Crippen LogP contribution in [0.2, 0.25) is 0 Å². The van der Waals surface area contributed by atoms with Gasteiger partial charge in [-0.05, 0) is 37.5 Å². The number of fused-ring (bicyclic) bond motifs is 1. The maximum absolute atomic E-state index is 13.0. The van der Waals surface area contributed by atoms with Crippen LogP contribution in [0.15, 0.2) is 33.8 Å². The van der Waals surface area contributed by atoms with E-state index in [-0.39, 0.29) is 45.6 Å². The van der Waals surface area contributed by atoms with E-state index in [9.17, 15) is 18.0 Å². The third-order valence-corrected chi connectivity index (χ3v) is 7.63. The number of rotatable bonds is 3. The van der Waals surface area contributed by atoms with Crippen LogP contribution in [0.1, 0.15) is 40.0 Å². The van der Waals surface area contributed by atoms with Gasteiger partial charge >= 0.3 is 0 Å². The first kappa shape index (κ1) is 19.6. The van der Waals surface area contributed by atoms with E-state index in [4.69, 9.17) is 16.3 Å². The molecule has 1 aliphatic carbocycles. The Hall–Kier alpha value is -1.74. The molecule has 7 nitrogen and oxygen atoms in total. The van der Waals surface area contributed by atoms with E-state index in [2.05, 4.69) is 0 Å². The van der Waals surface area contributed by atoms with Gasteiger partial charge in [-0.15, -0.1) is 0 Å². The number of likely N-dealkylation sites (tertiary alicyclic amines) is 1. The summed E-state index contributed by atoms with van der Waals surface area (Å²) in [5, 5.41) is -0.125. The molecule has 9 heteroatoms. The summed E-state index contributed by atoms with van der Waals surface area (Å²) in [7, 11) is -3.77. The number of ketones is 2. The quantitative estimate of drug-likeness (QED) is 0.738. The number of hydrogen-bond donors (Lipinski definition) is 0. The van der Waals surface area contributed by atoms with E-state index in [1.807, 2.05) is 4.90 Å². The Labute approximate surface area is 168 Å². The molecule has 28 heavy (non-hydrogen) atoms. The highest BCUT2D eigenvalue weighted by Gasteiger charge is 2.36. The number of carbonyl (C=O) groups is 2. The third-order valence-electron chi connectivity index (χ3n) is 5.38. The van der Waals surface area contributed by atoms with Gasteiger partial charge in [0.1, 0.15) is 10.7 Å². The van der Waals surface area contributed by atoms with Crippen molar-refractivity contribution in [3.05, 3.63) is 40.1 Å². The second-order valence-electron chi connectivity index (χ2n) is 7.09. The van der Waals surface area contributed by atoms with Gasteiger partial charge in [-0.2, -0.15) is 4.31 Å². The summed E-state index contributed by atoms with van der Waals surface area (Å²) in [5.74, 6) is -0.826. The summed E-state index contributed by atoms with van der Waals surface area (Å²) >= 11 is 6.30. The molecule has 150 valence electrons. The fraction of sp³-hybridized carbons (Fsp3) is 0.474. The lowest BCUT2D eigenvalue weighted by Gasteiger charge is -2.33. The van der Waals surface area contributed by atoms with Gasteiger partial charge in [0.05, 0.1) is 18.1 Å². The molecule has 2 saturated heterocycles. The molecule has 0 N–H and O–H groups in total. The number of Topliss-reactive ketones (excluding diaryl/α,β-unsaturated/α-hetero) is 2. The van der Waals surface area contributed by atoms with Gasteiger partial charge in [0.15, 0.2) is 0 Å². The van der Waals surface area contributed by atoms with Gasteiger partial charge in [-0.3, -0.25) is 9.59 Å². The molecular formula is C19H21ClN2O5S. The van der Waals surface area contributed by atoms with Crippen LogP contribution in [0, 0.1) is 0 Å². The van der Waals surface area contributed by atoms with Crippen LogP contribution >= 0.6 is 11.6 Å². The molecule has 0 saturated carbocycles. The fourth-order valence-electron chi connectivity index (χ4n) is 3.86. The number of piperidine rings is 1. The van der Waals surface area contributed by atoms with Crippen molar-refractivity contribution in [2.75, 3.05) is 39.4 Å². The van der Waals surface area contributed by atoms with Gasteiger partial charge in [0, 0.05) is 37.3 Å². The number of halogens is 1. The lowest BCUT2D eigenvalue weighted by atomic mass is 9.91. The molecule has 3 aliphatic rings. The minimum Gasteiger partial charge on any atom is -0.379 e. The summed E-state index contributed by atoms with van der Waals surface area (Å²) in [5.41, 5.74) is 0.489. The standard InChI is InChI=1S/C19H21ClN2O5S/c20-16-17(21-6-2-1-3-7-21)19(24)14-5-4-13(12-15(14)18(16)23)28(25,26)22-8-10-27-11-9-22/h4-5,12H,1-3,6-11H2. The molecule has 0 radical (unpaired) electrons. The highest BCUT2D eigenvalue weighted by Crippen LogP contribution is 2.33. The van der Waals surface area contributed by atoms with E-state index >= 15 is 0 Å². The van der Waals surface area contributed by atoms with Gasteiger partial charge in [-0.25, -0.2) is 8.42 Å². The predicted octanol–water partition coefficient (Wildman–Crippen LogP) is 2.02. The maximum Gasteiger partial charge on any atom is 0.243 e. The van der Waals surface area contributed by atoms with Crippen molar-refractivity contribution in [3.8, 4) is 0 Å². The molecule has 0 atom stereocenters. The first-order valence-corrected chi connectivity index (χ1v) is 11.2. The summed E-state index contributed by atoms with van der Waals surface area (Å²) in [4.78, 5) is 27.8. The van der Waals surface area contributed by atoms with Crippen LogP contribution < -0.4 is 0 Å². The molecule has 2 heterocycles. The number of sulfonamides is 1. The molecule has 0 spiro atoms. The van der Waals surface area contributed by atoms with Crippen molar-refractivity contribution in [2.24, 2.45) is 0 Å². The van der Waals surface area contributed by atoms with E-state index in [0.29, 0.717) is 26.3 Å². The first-order chi connectivity index (χ1) is 13.4. The Morgan fingerprint density at radius 1 is 0.893 bits per heavy atom. The smallest absolute Gasteiger partial charge is 0.243 e. The number of hydrogen-bond acceptors (Lipinski definition) is 6. The number of nitrogens with zero attached hydrogens (tertiary/aromatic N) is 2. The van der Waals surface area contributed by atoms with Crippen LogP contribution in [0.4, 0.5) is 0 Å². The lowest BCUT2D eigenvalue weighted by molar-refractivity contribution is 0.0730. The molecule has 1 aromatic rings. The average molecular weight is 425 g/mol.